The maximum atomic E-state index is 13.5. The van der Waals surface area contributed by atoms with Crippen LogP contribution in [-0.2, 0) is 0 Å². The highest BCUT2D eigenvalue weighted by Crippen LogP contribution is 2.36. The van der Waals surface area contributed by atoms with Crippen molar-refractivity contribution in [1.29, 1.82) is 0 Å². The molecule has 0 fully saturated rings. The third-order valence-electron chi connectivity index (χ3n) is 5.08. The van der Waals surface area contributed by atoms with Crippen molar-refractivity contribution in [3.63, 3.8) is 0 Å². The molecule has 1 N–H and O–H groups in total. The number of hydrogen-bond acceptors (Lipinski definition) is 4. The van der Waals surface area contributed by atoms with Gasteiger partial charge in [-0.3, -0.25) is 9.78 Å². The minimum absolute atomic E-state index is 0.199. The standard InChI is InChI=1S/C25H23N3O2.C2H6/c1-3-19(21-15-9-10-16-26-21)28-25(29)22-18-13-7-8-14-20(18)27-23(24(22)30-2)17-11-5-4-6-12-17;1-2/h4-16,19H,3H2,1-2H3,(H,28,29);1-2H3. The molecule has 2 aromatic carbocycles. The van der Waals surface area contributed by atoms with E-state index in [0.29, 0.717) is 17.0 Å². The van der Waals surface area contributed by atoms with E-state index in [1.54, 1.807) is 13.3 Å². The number of rotatable bonds is 6. The van der Waals surface area contributed by atoms with Gasteiger partial charge in [0.05, 0.1) is 29.9 Å². The highest BCUT2D eigenvalue weighted by Gasteiger charge is 2.24. The monoisotopic (exact) mass is 427 g/mol. The van der Waals surface area contributed by atoms with E-state index in [0.717, 1.165) is 28.6 Å². The lowest BCUT2D eigenvalue weighted by Crippen LogP contribution is -2.29. The number of carbonyl (C=O) groups is 1. The van der Waals surface area contributed by atoms with Crippen molar-refractivity contribution in [2.24, 2.45) is 0 Å². The van der Waals surface area contributed by atoms with Gasteiger partial charge in [-0.1, -0.05) is 75.4 Å². The molecule has 1 atom stereocenters. The smallest absolute Gasteiger partial charge is 0.256 e. The maximum Gasteiger partial charge on any atom is 0.256 e. The van der Waals surface area contributed by atoms with Gasteiger partial charge in [-0.25, -0.2) is 4.98 Å². The Morgan fingerprint density at radius 2 is 1.66 bits per heavy atom. The summed E-state index contributed by atoms with van der Waals surface area (Å²) in [4.78, 5) is 22.7. The summed E-state index contributed by atoms with van der Waals surface area (Å²) in [6.07, 6.45) is 2.46. The topological polar surface area (TPSA) is 64.1 Å². The molecule has 1 amide bonds. The third kappa shape index (κ3) is 4.78. The Kier molecular flexibility index (Phi) is 7.92. The third-order valence-corrected chi connectivity index (χ3v) is 5.08. The van der Waals surface area contributed by atoms with Crippen LogP contribution in [0.2, 0.25) is 0 Å². The number of nitrogens with one attached hydrogen (secondary N) is 1. The quantitative estimate of drug-likeness (QED) is 0.397. The number of para-hydroxylation sites is 1. The first-order valence-electron chi connectivity index (χ1n) is 11.0. The predicted octanol–water partition coefficient (Wildman–Crippen LogP) is 6.21. The summed E-state index contributed by atoms with van der Waals surface area (Å²) in [6, 6.07) is 22.9. The molecule has 0 saturated carbocycles. The molecule has 164 valence electrons. The molecule has 1 unspecified atom stereocenters. The number of aromatic nitrogens is 2. The van der Waals surface area contributed by atoms with Crippen LogP contribution >= 0.6 is 0 Å². The van der Waals surface area contributed by atoms with E-state index in [4.69, 9.17) is 9.72 Å². The van der Waals surface area contributed by atoms with E-state index in [-0.39, 0.29) is 11.9 Å². The van der Waals surface area contributed by atoms with E-state index in [2.05, 4.69) is 10.3 Å². The summed E-state index contributed by atoms with van der Waals surface area (Å²) in [6.45, 7) is 6.02. The second kappa shape index (κ2) is 11.0. The molecule has 0 aliphatic carbocycles. The number of carbonyl (C=O) groups excluding carboxylic acids is 1. The second-order valence-corrected chi connectivity index (χ2v) is 6.94. The van der Waals surface area contributed by atoms with Crippen LogP contribution in [-0.4, -0.2) is 23.0 Å². The SMILES string of the molecule is CC.CCC(NC(=O)c1c(OC)c(-c2ccccc2)nc2ccccc12)c1ccccn1. The number of ether oxygens (including phenoxy) is 1. The number of hydrogen-bond donors (Lipinski definition) is 1. The molecule has 0 saturated heterocycles. The van der Waals surface area contributed by atoms with Gasteiger partial charge in [-0.15, -0.1) is 0 Å². The molecule has 4 aromatic rings. The fraction of sp³-hybridized carbons (Fsp3) is 0.222. The van der Waals surface area contributed by atoms with Crippen molar-refractivity contribution in [2.45, 2.75) is 33.2 Å². The van der Waals surface area contributed by atoms with Crippen molar-refractivity contribution in [1.82, 2.24) is 15.3 Å². The zero-order valence-electron chi connectivity index (χ0n) is 19.0. The molecule has 2 aromatic heterocycles. The Balaban J connectivity index is 0.00000141. The van der Waals surface area contributed by atoms with Gasteiger partial charge in [0.15, 0.2) is 5.75 Å². The summed E-state index contributed by atoms with van der Waals surface area (Å²) in [5.74, 6) is 0.258. The van der Waals surface area contributed by atoms with Gasteiger partial charge in [0.2, 0.25) is 0 Å². The first kappa shape index (κ1) is 22.9. The normalized spacial score (nSPS) is 11.2. The molecular weight excluding hydrogens is 398 g/mol. The molecule has 0 bridgehead atoms. The van der Waals surface area contributed by atoms with Crippen LogP contribution in [0.1, 0.15) is 49.3 Å². The van der Waals surface area contributed by atoms with Crippen molar-refractivity contribution < 1.29 is 9.53 Å². The molecule has 0 aliphatic rings. The van der Waals surface area contributed by atoms with Crippen LogP contribution in [0.5, 0.6) is 5.75 Å². The maximum absolute atomic E-state index is 13.5. The molecule has 32 heavy (non-hydrogen) atoms. The number of nitrogens with zero attached hydrogens (tertiary/aromatic N) is 2. The first-order valence-corrected chi connectivity index (χ1v) is 11.0. The number of amides is 1. The molecular formula is C27H29N3O2. The molecule has 0 radical (unpaired) electrons. The van der Waals surface area contributed by atoms with Crippen molar-refractivity contribution >= 4 is 16.8 Å². The van der Waals surface area contributed by atoms with Gasteiger partial charge < -0.3 is 10.1 Å². The lowest BCUT2D eigenvalue weighted by atomic mass is 10.0. The van der Waals surface area contributed by atoms with Crippen LogP contribution in [0, 0.1) is 0 Å². The van der Waals surface area contributed by atoms with Crippen LogP contribution in [0.15, 0.2) is 79.0 Å². The number of fused-ring (bicyclic) bond motifs is 1. The molecule has 0 aliphatic heterocycles. The molecule has 5 nitrogen and oxygen atoms in total. The van der Waals surface area contributed by atoms with Gasteiger partial charge in [0.25, 0.3) is 5.91 Å². The van der Waals surface area contributed by atoms with Gasteiger partial charge in [-0.2, -0.15) is 0 Å². The fourth-order valence-corrected chi connectivity index (χ4v) is 3.61. The zero-order valence-corrected chi connectivity index (χ0v) is 19.0. The van der Waals surface area contributed by atoms with Crippen molar-refractivity contribution in [3.8, 4) is 17.0 Å². The Labute approximate surface area is 189 Å². The molecule has 4 rings (SSSR count). The summed E-state index contributed by atoms with van der Waals surface area (Å²) >= 11 is 0. The minimum Gasteiger partial charge on any atom is -0.494 e. The Bertz CT molecular complexity index is 1160. The summed E-state index contributed by atoms with van der Waals surface area (Å²) in [5, 5.41) is 3.89. The van der Waals surface area contributed by atoms with Gasteiger partial charge >= 0.3 is 0 Å². The summed E-state index contributed by atoms with van der Waals surface area (Å²) < 4.78 is 5.74. The van der Waals surface area contributed by atoms with Crippen molar-refractivity contribution in [3.05, 3.63) is 90.3 Å². The fourth-order valence-electron chi connectivity index (χ4n) is 3.61. The Hall–Kier alpha value is -3.73. The molecule has 5 heteroatoms. The highest BCUT2D eigenvalue weighted by atomic mass is 16.5. The van der Waals surface area contributed by atoms with E-state index >= 15 is 0 Å². The average Bonchev–Trinajstić information content (AvgIpc) is 2.88. The summed E-state index contributed by atoms with van der Waals surface area (Å²) in [7, 11) is 1.57. The lowest BCUT2D eigenvalue weighted by molar-refractivity contribution is 0.0933. The number of benzene rings is 2. The van der Waals surface area contributed by atoms with E-state index in [9.17, 15) is 4.79 Å². The molecule has 0 spiro atoms. The summed E-state index contributed by atoms with van der Waals surface area (Å²) in [5.41, 5.74) is 3.59. The van der Waals surface area contributed by atoms with E-state index < -0.39 is 0 Å². The van der Waals surface area contributed by atoms with Crippen LogP contribution in [0.25, 0.3) is 22.2 Å². The highest BCUT2D eigenvalue weighted by molar-refractivity contribution is 6.10. The van der Waals surface area contributed by atoms with Crippen LogP contribution in [0.4, 0.5) is 0 Å². The number of methoxy groups -OCH3 is 1. The zero-order chi connectivity index (χ0) is 22.9. The minimum atomic E-state index is -0.208. The van der Waals surface area contributed by atoms with Gasteiger partial charge in [0, 0.05) is 17.1 Å². The largest absolute Gasteiger partial charge is 0.494 e. The number of pyridine rings is 2. The average molecular weight is 428 g/mol. The van der Waals surface area contributed by atoms with Crippen LogP contribution in [0.3, 0.4) is 0 Å². The lowest BCUT2D eigenvalue weighted by Gasteiger charge is -2.20. The van der Waals surface area contributed by atoms with E-state index in [1.807, 2.05) is 93.6 Å². The first-order chi connectivity index (χ1) is 15.7. The Morgan fingerprint density at radius 1 is 0.969 bits per heavy atom. The Morgan fingerprint density at radius 3 is 2.31 bits per heavy atom. The van der Waals surface area contributed by atoms with E-state index in [1.165, 1.54) is 0 Å². The molecule has 2 heterocycles. The van der Waals surface area contributed by atoms with Gasteiger partial charge in [-0.05, 0) is 24.6 Å². The van der Waals surface area contributed by atoms with Crippen LogP contribution < -0.4 is 10.1 Å². The van der Waals surface area contributed by atoms with Gasteiger partial charge in [0.1, 0.15) is 5.69 Å². The van der Waals surface area contributed by atoms with Crippen molar-refractivity contribution in [2.75, 3.05) is 7.11 Å². The predicted molar refractivity (Wildman–Crippen MR) is 130 cm³/mol. The second-order valence-electron chi connectivity index (χ2n) is 6.94.